The van der Waals surface area contributed by atoms with Crippen LogP contribution in [0, 0.1) is 0 Å². The highest BCUT2D eigenvalue weighted by Crippen LogP contribution is 2.28. The summed E-state index contributed by atoms with van der Waals surface area (Å²) in [6.45, 7) is 0. The first kappa shape index (κ1) is 12.8. The van der Waals surface area contributed by atoms with Crippen LogP contribution in [0.15, 0.2) is 0 Å². The molecule has 0 aromatic heterocycles. The molecule has 0 spiro atoms. The molecule has 0 bridgehead atoms. The number of aliphatic hydroxyl groups excluding tert-OH is 1. The molecule has 0 saturated heterocycles. The molecule has 0 unspecified atom stereocenters. The van der Waals surface area contributed by atoms with E-state index >= 15 is 0 Å². The Kier molecular flexibility index (Phi) is 6.76. The maximum Gasteiger partial charge on any atom is 0.174 e. The van der Waals surface area contributed by atoms with Crippen LogP contribution in [0.2, 0.25) is 0 Å². The molecule has 12 heavy (non-hydrogen) atoms. The van der Waals surface area contributed by atoms with Gasteiger partial charge in [0.05, 0.1) is 0 Å². The highest BCUT2D eigenvalue weighted by Gasteiger charge is 2.15. The van der Waals surface area contributed by atoms with E-state index in [4.69, 9.17) is 15.3 Å². The lowest BCUT2D eigenvalue weighted by molar-refractivity contribution is -0.0466. The first-order chi connectivity index (χ1) is 5.42. The molecule has 0 saturated carbocycles. The molecule has 0 fully saturated rings. The van der Waals surface area contributed by atoms with Gasteiger partial charge in [-0.05, 0) is 57.5 Å². The monoisotopic (exact) mass is 304 g/mol. The van der Waals surface area contributed by atoms with E-state index in [9.17, 15) is 0 Å². The zero-order valence-corrected chi connectivity index (χ0v) is 9.88. The third kappa shape index (κ3) is 10.8. The zero-order chi connectivity index (χ0) is 9.61. The van der Waals surface area contributed by atoms with Gasteiger partial charge in [-0.2, -0.15) is 0 Å². The first-order valence-corrected chi connectivity index (χ1v) is 5.47. The Bertz CT molecular complexity index is 112. The quantitative estimate of drug-likeness (QED) is 0.397. The van der Waals surface area contributed by atoms with Crippen LogP contribution in [0.25, 0.3) is 0 Å². The standard InChI is InChI=1S/C7H14Br2O3/c8-7(9,12)5-3-1-2-4-6(10)11/h6,10-12H,1-5H2. The number of halogens is 2. The van der Waals surface area contributed by atoms with Crippen molar-refractivity contribution in [2.45, 2.75) is 41.8 Å². The number of rotatable bonds is 6. The minimum Gasteiger partial charge on any atom is -0.369 e. The minimum absolute atomic E-state index is 0.406. The summed E-state index contributed by atoms with van der Waals surface area (Å²) in [7, 11) is 0. The van der Waals surface area contributed by atoms with Gasteiger partial charge in [-0.25, -0.2) is 0 Å². The Morgan fingerprint density at radius 3 is 2.08 bits per heavy atom. The topological polar surface area (TPSA) is 60.7 Å². The van der Waals surface area contributed by atoms with Gasteiger partial charge in [-0.1, -0.05) is 6.42 Å². The molecule has 5 heteroatoms. The lowest BCUT2D eigenvalue weighted by Gasteiger charge is -2.11. The normalized spacial score (nSPS) is 12.5. The summed E-state index contributed by atoms with van der Waals surface area (Å²) < 4.78 is -0.960. The van der Waals surface area contributed by atoms with E-state index in [2.05, 4.69) is 31.9 Å². The van der Waals surface area contributed by atoms with Gasteiger partial charge >= 0.3 is 0 Å². The predicted molar refractivity (Wildman–Crippen MR) is 54.1 cm³/mol. The summed E-state index contributed by atoms with van der Waals surface area (Å²) in [5, 5.41) is 26.2. The molecule has 0 radical (unpaired) electrons. The summed E-state index contributed by atoms with van der Waals surface area (Å²) in [5.74, 6) is 0. The molecule has 0 heterocycles. The molecule has 3 N–H and O–H groups in total. The van der Waals surface area contributed by atoms with Crippen LogP contribution >= 0.6 is 31.9 Å². The van der Waals surface area contributed by atoms with Crippen LogP contribution in [0.4, 0.5) is 0 Å². The Hall–Kier alpha value is 0.840. The maximum absolute atomic E-state index is 9.16. The van der Waals surface area contributed by atoms with E-state index in [0.717, 1.165) is 19.3 Å². The van der Waals surface area contributed by atoms with Crippen molar-refractivity contribution in [1.82, 2.24) is 0 Å². The Morgan fingerprint density at radius 1 is 1.08 bits per heavy atom. The van der Waals surface area contributed by atoms with Crippen LogP contribution in [-0.2, 0) is 0 Å². The molecule has 0 rings (SSSR count). The van der Waals surface area contributed by atoms with Gasteiger partial charge in [0.2, 0.25) is 0 Å². The molecule has 74 valence electrons. The third-order valence-corrected chi connectivity index (χ3v) is 2.23. The highest BCUT2D eigenvalue weighted by atomic mass is 79.9. The van der Waals surface area contributed by atoms with Crippen molar-refractivity contribution in [2.24, 2.45) is 0 Å². The van der Waals surface area contributed by atoms with Gasteiger partial charge in [0, 0.05) is 0 Å². The second-order valence-electron chi connectivity index (χ2n) is 2.75. The Labute approximate surface area is 89.0 Å². The fourth-order valence-corrected chi connectivity index (χ4v) is 1.40. The molecule has 0 atom stereocenters. The van der Waals surface area contributed by atoms with Crippen LogP contribution in [0.3, 0.4) is 0 Å². The van der Waals surface area contributed by atoms with E-state index < -0.39 is 9.71 Å². The van der Waals surface area contributed by atoms with Crippen molar-refractivity contribution in [3.63, 3.8) is 0 Å². The molecule has 0 aliphatic carbocycles. The smallest absolute Gasteiger partial charge is 0.174 e. The van der Waals surface area contributed by atoms with E-state index in [0.29, 0.717) is 12.8 Å². The molecular formula is C7H14Br2O3. The molecule has 0 aromatic rings. The van der Waals surface area contributed by atoms with Gasteiger partial charge in [-0.3, -0.25) is 0 Å². The van der Waals surface area contributed by atoms with Crippen molar-refractivity contribution in [3.8, 4) is 0 Å². The molecule has 0 amide bonds. The summed E-state index contributed by atoms with van der Waals surface area (Å²) in [6.07, 6.45) is 2.32. The second kappa shape index (κ2) is 6.32. The molecule has 0 aliphatic rings. The molecule has 0 aromatic carbocycles. The Morgan fingerprint density at radius 2 is 1.67 bits per heavy atom. The van der Waals surface area contributed by atoms with Crippen LogP contribution in [-0.4, -0.2) is 25.0 Å². The lowest BCUT2D eigenvalue weighted by Crippen LogP contribution is -2.08. The summed E-state index contributed by atoms with van der Waals surface area (Å²) in [5.41, 5.74) is 0. The Balaban J connectivity index is 3.12. The molecule has 3 nitrogen and oxygen atoms in total. The van der Waals surface area contributed by atoms with E-state index in [1.54, 1.807) is 0 Å². The van der Waals surface area contributed by atoms with E-state index in [1.807, 2.05) is 0 Å². The predicted octanol–water partition coefficient (Wildman–Crippen LogP) is 1.68. The van der Waals surface area contributed by atoms with Crippen molar-refractivity contribution in [3.05, 3.63) is 0 Å². The largest absolute Gasteiger partial charge is 0.369 e. The van der Waals surface area contributed by atoms with Gasteiger partial charge in [0.1, 0.15) is 0 Å². The maximum atomic E-state index is 9.16. The van der Waals surface area contributed by atoms with Crippen molar-refractivity contribution in [1.29, 1.82) is 0 Å². The van der Waals surface area contributed by atoms with Crippen molar-refractivity contribution in [2.75, 3.05) is 0 Å². The van der Waals surface area contributed by atoms with Crippen LogP contribution in [0.5, 0.6) is 0 Å². The van der Waals surface area contributed by atoms with Gasteiger partial charge in [-0.15, -0.1) is 0 Å². The number of hydrogen-bond acceptors (Lipinski definition) is 3. The zero-order valence-electron chi connectivity index (χ0n) is 6.71. The number of hydrogen-bond donors (Lipinski definition) is 3. The van der Waals surface area contributed by atoms with Gasteiger partial charge in [0.15, 0.2) is 9.71 Å². The molecular weight excluding hydrogens is 292 g/mol. The minimum atomic E-state index is -1.20. The van der Waals surface area contributed by atoms with Crippen molar-refractivity contribution < 1.29 is 15.3 Å². The average Bonchev–Trinajstić information content (AvgIpc) is 1.83. The number of alkyl halides is 2. The van der Waals surface area contributed by atoms with E-state index in [-0.39, 0.29) is 0 Å². The second-order valence-corrected chi connectivity index (χ2v) is 6.43. The fourth-order valence-electron chi connectivity index (χ4n) is 0.841. The average molecular weight is 306 g/mol. The lowest BCUT2D eigenvalue weighted by atomic mass is 10.1. The van der Waals surface area contributed by atoms with Gasteiger partial charge < -0.3 is 15.3 Å². The van der Waals surface area contributed by atoms with Gasteiger partial charge in [0.25, 0.3) is 0 Å². The molecule has 0 aliphatic heterocycles. The van der Waals surface area contributed by atoms with Crippen LogP contribution in [0.1, 0.15) is 32.1 Å². The summed E-state index contributed by atoms with van der Waals surface area (Å²) in [4.78, 5) is 0. The highest BCUT2D eigenvalue weighted by molar-refractivity contribution is 9.25. The fraction of sp³-hybridized carbons (Fsp3) is 1.00. The first-order valence-electron chi connectivity index (χ1n) is 3.88. The summed E-state index contributed by atoms with van der Waals surface area (Å²) in [6, 6.07) is 0. The number of aliphatic hydroxyl groups is 3. The number of unbranched alkanes of at least 4 members (excludes halogenated alkanes) is 2. The van der Waals surface area contributed by atoms with Crippen molar-refractivity contribution >= 4 is 31.9 Å². The third-order valence-electron chi connectivity index (χ3n) is 1.44. The summed E-state index contributed by atoms with van der Waals surface area (Å²) >= 11 is 6.07. The SMILES string of the molecule is OC(O)CCCCCC(O)(Br)Br. The van der Waals surface area contributed by atoms with E-state index in [1.165, 1.54) is 0 Å². The van der Waals surface area contributed by atoms with Crippen LogP contribution < -0.4 is 0 Å².